The van der Waals surface area contributed by atoms with E-state index in [2.05, 4.69) is 10.5 Å². The first-order valence-electron chi connectivity index (χ1n) is 9.94. The number of hydrogen-bond donors (Lipinski definition) is 1. The minimum atomic E-state index is -0.107. The molecule has 1 atom stereocenters. The minimum absolute atomic E-state index is 0.0673. The second kappa shape index (κ2) is 7.99. The highest BCUT2D eigenvalue weighted by Crippen LogP contribution is 2.32. The van der Waals surface area contributed by atoms with Gasteiger partial charge in [-0.15, -0.1) is 0 Å². The first-order chi connectivity index (χ1) is 13.6. The van der Waals surface area contributed by atoms with Crippen molar-refractivity contribution in [2.75, 3.05) is 13.1 Å². The van der Waals surface area contributed by atoms with Crippen molar-refractivity contribution < 1.29 is 14.1 Å². The molecule has 0 bridgehead atoms. The lowest BCUT2D eigenvalue weighted by atomic mass is 10.0. The summed E-state index contributed by atoms with van der Waals surface area (Å²) in [6.45, 7) is 3.54. The van der Waals surface area contributed by atoms with Crippen LogP contribution in [-0.4, -0.2) is 52.1 Å². The fourth-order valence-electron chi connectivity index (χ4n) is 3.95. The van der Waals surface area contributed by atoms with E-state index in [1.54, 1.807) is 18.2 Å². The Labute approximate surface area is 169 Å². The number of carbonyl (C=O) groups is 2. The van der Waals surface area contributed by atoms with Crippen LogP contribution in [0.25, 0.3) is 10.9 Å². The molecule has 4 rings (SSSR count). The maximum Gasteiger partial charge on any atom is 0.318 e. The van der Waals surface area contributed by atoms with Crippen molar-refractivity contribution in [3.05, 3.63) is 29.0 Å². The molecule has 1 N–H and O–H groups in total. The summed E-state index contributed by atoms with van der Waals surface area (Å²) in [4.78, 5) is 28.9. The molecule has 1 saturated carbocycles. The molecular weight excluding hydrogens is 380 g/mol. The summed E-state index contributed by atoms with van der Waals surface area (Å²) in [5.41, 5.74) is 0.716. The molecule has 2 aromatic rings. The Hall–Kier alpha value is -2.28. The average molecular weight is 405 g/mol. The zero-order valence-electron chi connectivity index (χ0n) is 16.0. The molecule has 1 aliphatic carbocycles. The summed E-state index contributed by atoms with van der Waals surface area (Å²) >= 11 is 6.07. The zero-order valence-corrected chi connectivity index (χ0v) is 16.7. The van der Waals surface area contributed by atoms with Crippen LogP contribution in [-0.2, 0) is 11.3 Å². The Balaban J connectivity index is 1.44. The summed E-state index contributed by atoms with van der Waals surface area (Å²) in [5.74, 6) is 0.749. The quantitative estimate of drug-likeness (QED) is 0.826. The second-order valence-corrected chi connectivity index (χ2v) is 7.99. The molecule has 2 heterocycles. The summed E-state index contributed by atoms with van der Waals surface area (Å²) in [6.07, 6.45) is 4.40. The third kappa shape index (κ3) is 3.94. The van der Waals surface area contributed by atoms with Crippen molar-refractivity contribution >= 4 is 34.4 Å². The predicted molar refractivity (Wildman–Crippen MR) is 106 cm³/mol. The lowest BCUT2D eigenvalue weighted by Gasteiger charge is -2.39. The van der Waals surface area contributed by atoms with E-state index < -0.39 is 0 Å². The Morgan fingerprint density at radius 1 is 1.32 bits per heavy atom. The molecule has 1 aromatic carbocycles. The average Bonchev–Trinajstić information content (AvgIpc) is 3.46. The molecule has 7 nitrogen and oxygen atoms in total. The van der Waals surface area contributed by atoms with Crippen molar-refractivity contribution in [2.45, 2.75) is 57.7 Å². The standard InChI is InChI=1S/C20H25ClN4O3/c1-2-19(26)24-9-3-4-15(12-24)25(14-6-7-14)20(27)22-11-18-16-10-13(21)5-8-17(16)23-28-18/h5,8,10,14-15H,2-4,6-7,9,11-12H2,1H3,(H,22,27)/t15-/m1/s1. The maximum absolute atomic E-state index is 13.0. The van der Waals surface area contributed by atoms with Gasteiger partial charge in [-0.05, 0) is 43.9 Å². The number of piperidine rings is 1. The molecule has 2 fully saturated rings. The van der Waals surface area contributed by atoms with E-state index >= 15 is 0 Å². The van der Waals surface area contributed by atoms with Crippen LogP contribution in [0.5, 0.6) is 0 Å². The molecule has 1 saturated heterocycles. The van der Waals surface area contributed by atoms with Crippen LogP contribution < -0.4 is 5.32 Å². The lowest BCUT2D eigenvalue weighted by molar-refractivity contribution is -0.132. The Bertz CT molecular complexity index is 879. The van der Waals surface area contributed by atoms with Crippen LogP contribution in [0, 0.1) is 0 Å². The van der Waals surface area contributed by atoms with Gasteiger partial charge < -0.3 is 19.6 Å². The van der Waals surface area contributed by atoms with Crippen LogP contribution in [0.15, 0.2) is 22.7 Å². The number of halogens is 1. The van der Waals surface area contributed by atoms with Gasteiger partial charge in [0.25, 0.3) is 0 Å². The summed E-state index contributed by atoms with van der Waals surface area (Å²) in [5, 5.41) is 8.41. The van der Waals surface area contributed by atoms with E-state index in [9.17, 15) is 9.59 Å². The van der Waals surface area contributed by atoms with E-state index in [-0.39, 0.29) is 30.6 Å². The number of urea groups is 1. The summed E-state index contributed by atoms with van der Waals surface area (Å²) < 4.78 is 5.39. The number of nitrogens with one attached hydrogen (secondary N) is 1. The third-order valence-corrected chi connectivity index (χ3v) is 5.77. The van der Waals surface area contributed by atoms with Crippen LogP contribution >= 0.6 is 11.6 Å². The van der Waals surface area contributed by atoms with E-state index in [1.807, 2.05) is 16.7 Å². The number of amides is 3. The van der Waals surface area contributed by atoms with Gasteiger partial charge in [0.15, 0.2) is 5.76 Å². The van der Waals surface area contributed by atoms with Gasteiger partial charge in [0.2, 0.25) is 5.91 Å². The number of benzene rings is 1. The number of aromatic nitrogens is 1. The van der Waals surface area contributed by atoms with Crippen LogP contribution in [0.2, 0.25) is 5.02 Å². The minimum Gasteiger partial charge on any atom is -0.358 e. The fourth-order valence-corrected chi connectivity index (χ4v) is 4.13. The smallest absolute Gasteiger partial charge is 0.318 e. The van der Waals surface area contributed by atoms with Gasteiger partial charge in [-0.1, -0.05) is 23.7 Å². The molecule has 1 aromatic heterocycles. The number of carbonyl (C=O) groups excluding carboxylic acids is 2. The van der Waals surface area contributed by atoms with Crippen molar-refractivity contribution in [3.8, 4) is 0 Å². The first kappa shape index (κ1) is 19.1. The third-order valence-electron chi connectivity index (χ3n) is 5.53. The Kier molecular flexibility index (Phi) is 5.44. The SMILES string of the molecule is CCC(=O)N1CCC[C@@H](N(C(=O)NCc2onc3ccc(Cl)cc23)C2CC2)C1. The van der Waals surface area contributed by atoms with Gasteiger partial charge in [-0.25, -0.2) is 4.79 Å². The molecule has 8 heteroatoms. The molecule has 0 unspecified atom stereocenters. The van der Waals surface area contributed by atoms with Gasteiger partial charge >= 0.3 is 6.03 Å². The Morgan fingerprint density at radius 3 is 2.89 bits per heavy atom. The topological polar surface area (TPSA) is 78.7 Å². The number of nitrogens with zero attached hydrogens (tertiary/aromatic N) is 3. The molecular formula is C20H25ClN4O3. The molecule has 2 aliphatic rings. The zero-order chi connectivity index (χ0) is 19.7. The maximum atomic E-state index is 13.0. The summed E-state index contributed by atoms with van der Waals surface area (Å²) in [7, 11) is 0. The van der Waals surface area contributed by atoms with Crippen LogP contribution in [0.4, 0.5) is 4.79 Å². The first-order valence-corrected chi connectivity index (χ1v) is 10.3. The van der Waals surface area contributed by atoms with Crippen LogP contribution in [0.3, 0.4) is 0 Å². The van der Waals surface area contributed by atoms with Crippen molar-refractivity contribution in [1.29, 1.82) is 0 Å². The van der Waals surface area contributed by atoms with E-state index in [0.717, 1.165) is 37.6 Å². The van der Waals surface area contributed by atoms with E-state index in [0.29, 0.717) is 29.3 Å². The monoisotopic (exact) mass is 404 g/mol. The molecule has 0 spiro atoms. The molecule has 3 amide bonds. The van der Waals surface area contributed by atoms with Gasteiger partial charge in [0.05, 0.1) is 12.6 Å². The Morgan fingerprint density at radius 2 is 2.14 bits per heavy atom. The predicted octanol–water partition coefficient (Wildman–Crippen LogP) is 3.56. The fraction of sp³-hybridized carbons (Fsp3) is 0.550. The highest BCUT2D eigenvalue weighted by molar-refractivity contribution is 6.31. The lowest BCUT2D eigenvalue weighted by Crippen LogP contribution is -2.54. The van der Waals surface area contributed by atoms with E-state index in [4.69, 9.17) is 16.1 Å². The van der Waals surface area contributed by atoms with Gasteiger partial charge in [-0.3, -0.25) is 4.79 Å². The summed E-state index contributed by atoms with van der Waals surface area (Å²) in [6, 6.07) is 5.58. The number of fused-ring (bicyclic) bond motifs is 1. The van der Waals surface area contributed by atoms with E-state index in [1.165, 1.54) is 0 Å². The normalized spacial score (nSPS) is 19.6. The largest absolute Gasteiger partial charge is 0.358 e. The molecule has 150 valence electrons. The second-order valence-electron chi connectivity index (χ2n) is 7.55. The molecule has 0 radical (unpaired) electrons. The van der Waals surface area contributed by atoms with Crippen LogP contribution in [0.1, 0.15) is 44.8 Å². The number of rotatable bonds is 5. The van der Waals surface area contributed by atoms with Crippen molar-refractivity contribution in [3.63, 3.8) is 0 Å². The number of likely N-dealkylation sites (tertiary alicyclic amines) is 1. The van der Waals surface area contributed by atoms with Gasteiger partial charge in [0.1, 0.15) is 5.52 Å². The van der Waals surface area contributed by atoms with Gasteiger partial charge in [0, 0.05) is 36.0 Å². The molecule has 1 aliphatic heterocycles. The van der Waals surface area contributed by atoms with Crippen molar-refractivity contribution in [1.82, 2.24) is 20.3 Å². The van der Waals surface area contributed by atoms with Gasteiger partial charge in [-0.2, -0.15) is 0 Å². The highest BCUT2D eigenvalue weighted by Gasteiger charge is 2.39. The van der Waals surface area contributed by atoms with Crippen molar-refractivity contribution in [2.24, 2.45) is 0 Å². The molecule has 28 heavy (non-hydrogen) atoms. The highest BCUT2D eigenvalue weighted by atomic mass is 35.5. The number of hydrogen-bond acceptors (Lipinski definition) is 4.